The van der Waals surface area contributed by atoms with Crippen molar-refractivity contribution < 1.29 is 4.79 Å². The van der Waals surface area contributed by atoms with Gasteiger partial charge < -0.3 is 10.2 Å². The monoisotopic (exact) mass is 430 g/mol. The Balaban J connectivity index is 1.61. The van der Waals surface area contributed by atoms with E-state index in [-0.39, 0.29) is 5.91 Å². The second-order valence-corrected chi connectivity index (χ2v) is 8.36. The molecule has 0 radical (unpaired) electrons. The number of hydrogen-bond donors (Lipinski definition) is 1. The van der Waals surface area contributed by atoms with E-state index in [0.717, 1.165) is 49.6 Å². The van der Waals surface area contributed by atoms with Crippen LogP contribution in [-0.2, 0) is 6.54 Å². The van der Waals surface area contributed by atoms with Gasteiger partial charge >= 0.3 is 0 Å². The second-order valence-electron chi connectivity index (χ2n) is 6.44. The van der Waals surface area contributed by atoms with Crippen LogP contribution in [0.25, 0.3) is 10.2 Å². The molecule has 0 saturated carbocycles. The fraction of sp³-hybridized carbons (Fsp3) is 0.316. The van der Waals surface area contributed by atoms with Crippen LogP contribution < -0.4 is 10.2 Å². The van der Waals surface area contributed by atoms with E-state index in [1.165, 1.54) is 24.2 Å². The smallest absolute Gasteiger partial charge is 0.261 e. The van der Waals surface area contributed by atoms with Gasteiger partial charge in [0, 0.05) is 24.1 Å². The van der Waals surface area contributed by atoms with Crippen molar-refractivity contribution in [3.63, 3.8) is 0 Å². The van der Waals surface area contributed by atoms with Gasteiger partial charge in [-0.2, -0.15) is 0 Å². The van der Waals surface area contributed by atoms with Crippen LogP contribution in [0.4, 0.5) is 5.82 Å². The summed E-state index contributed by atoms with van der Waals surface area (Å²) in [5.74, 6) is 0.908. The highest BCUT2D eigenvalue weighted by atomic mass is 79.9. The Morgan fingerprint density at radius 3 is 2.88 bits per heavy atom. The van der Waals surface area contributed by atoms with E-state index in [0.29, 0.717) is 6.54 Å². The Morgan fingerprint density at radius 1 is 1.31 bits per heavy atom. The standard InChI is InChI=1S/C19H19BrN4OS/c1-12-15-17(24-7-2-3-8-24)22-11-23-19(15)26-16(12)18(25)21-10-13-5-4-6-14(20)9-13/h4-6,9,11H,2-3,7-8,10H2,1H3,(H,21,25). The first-order valence-electron chi connectivity index (χ1n) is 8.65. The van der Waals surface area contributed by atoms with E-state index in [4.69, 9.17) is 0 Å². The highest BCUT2D eigenvalue weighted by Crippen LogP contribution is 2.35. The molecule has 0 spiro atoms. The Kier molecular flexibility index (Phi) is 4.91. The van der Waals surface area contributed by atoms with E-state index in [2.05, 4.69) is 36.1 Å². The molecule has 0 bridgehead atoms. The minimum Gasteiger partial charge on any atom is -0.356 e. The molecule has 1 saturated heterocycles. The summed E-state index contributed by atoms with van der Waals surface area (Å²) in [6.45, 7) is 4.53. The van der Waals surface area contributed by atoms with E-state index in [1.807, 2.05) is 31.2 Å². The fourth-order valence-corrected chi connectivity index (χ4v) is 4.85. The number of anilines is 1. The molecular weight excluding hydrogens is 412 g/mol. The summed E-state index contributed by atoms with van der Waals surface area (Å²) in [6, 6.07) is 7.95. The third-order valence-corrected chi connectivity index (χ3v) is 6.35. The van der Waals surface area contributed by atoms with Gasteiger partial charge in [-0.05, 0) is 43.0 Å². The Labute approximate surface area is 164 Å². The maximum Gasteiger partial charge on any atom is 0.261 e. The van der Waals surface area contributed by atoms with Crippen molar-refractivity contribution in [2.24, 2.45) is 0 Å². The zero-order valence-corrected chi connectivity index (χ0v) is 16.9. The largest absolute Gasteiger partial charge is 0.356 e. The topological polar surface area (TPSA) is 58.1 Å². The van der Waals surface area contributed by atoms with Crippen molar-refractivity contribution in [3.8, 4) is 0 Å². The first-order chi connectivity index (χ1) is 12.6. The summed E-state index contributed by atoms with van der Waals surface area (Å²) in [7, 11) is 0. The third kappa shape index (κ3) is 3.33. The maximum atomic E-state index is 12.8. The first kappa shape index (κ1) is 17.4. The third-order valence-electron chi connectivity index (χ3n) is 4.66. The molecule has 7 heteroatoms. The minimum absolute atomic E-state index is 0.0575. The van der Waals surface area contributed by atoms with Crippen molar-refractivity contribution in [1.29, 1.82) is 0 Å². The first-order valence-corrected chi connectivity index (χ1v) is 10.3. The molecule has 3 heterocycles. The zero-order chi connectivity index (χ0) is 18.1. The molecule has 1 amide bonds. The lowest BCUT2D eigenvalue weighted by atomic mass is 10.2. The lowest BCUT2D eigenvalue weighted by molar-refractivity contribution is 0.0954. The molecule has 1 N–H and O–H groups in total. The zero-order valence-electron chi connectivity index (χ0n) is 14.5. The van der Waals surface area contributed by atoms with E-state index in [1.54, 1.807) is 6.33 Å². The number of nitrogens with one attached hydrogen (secondary N) is 1. The van der Waals surface area contributed by atoms with Crippen LogP contribution in [0.2, 0.25) is 0 Å². The second kappa shape index (κ2) is 7.32. The van der Waals surface area contributed by atoms with E-state index in [9.17, 15) is 4.79 Å². The van der Waals surface area contributed by atoms with Gasteiger partial charge in [-0.15, -0.1) is 11.3 Å². The Bertz CT molecular complexity index is 965. The van der Waals surface area contributed by atoms with Crippen molar-refractivity contribution in [2.75, 3.05) is 18.0 Å². The molecule has 0 unspecified atom stereocenters. The van der Waals surface area contributed by atoms with Crippen molar-refractivity contribution in [2.45, 2.75) is 26.3 Å². The molecule has 1 aromatic carbocycles. The molecule has 1 aliphatic rings. The molecule has 26 heavy (non-hydrogen) atoms. The number of carbonyl (C=O) groups excluding carboxylic acids is 1. The Morgan fingerprint density at radius 2 is 2.12 bits per heavy atom. The molecule has 1 aliphatic heterocycles. The normalized spacial score (nSPS) is 14.2. The molecule has 4 rings (SSSR count). The molecule has 134 valence electrons. The number of thiophene rings is 1. The Hall–Kier alpha value is -1.99. The van der Waals surface area contributed by atoms with Crippen LogP contribution in [0.5, 0.6) is 0 Å². The number of aromatic nitrogens is 2. The molecule has 3 aromatic rings. The lowest BCUT2D eigenvalue weighted by Crippen LogP contribution is -2.22. The minimum atomic E-state index is -0.0575. The highest BCUT2D eigenvalue weighted by molar-refractivity contribution is 9.10. The van der Waals surface area contributed by atoms with Gasteiger partial charge in [0.05, 0.1) is 10.3 Å². The van der Waals surface area contributed by atoms with Gasteiger partial charge in [-0.3, -0.25) is 4.79 Å². The van der Waals surface area contributed by atoms with Gasteiger partial charge in [0.2, 0.25) is 0 Å². The van der Waals surface area contributed by atoms with E-state index < -0.39 is 0 Å². The van der Waals surface area contributed by atoms with Gasteiger partial charge in [-0.25, -0.2) is 9.97 Å². The average Bonchev–Trinajstić information content (AvgIpc) is 3.28. The number of fused-ring (bicyclic) bond motifs is 1. The molecule has 0 aliphatic carbocycles. The number of carbonyl (C=O) groups is 1. The summed E-state index contributed by atoms with van der Waals surface area (Å²) >= 11 is 4.90. The molecule has 2 aromatic heterocycles. The number of aryl methyl sites for hydroxylation is 1. The molecule has 1 fully saturated rings. The quantitative estimate of drug-likeness (QED) is 0.670. The van der Waals surface area contributed by atoms with Crippen LogP contribution >= 0.6 is 27.3 Å². The molecular formula is C19H19BrN4OS. The van der Waals surface area contributed by atoms with Crippen LogP contribution in [0.1, 0.15) is 33.6 Å². The summed E-state index contributed by atoms with van der Waals surface area (Å²) in [5, 5.41) is 4.04. The van der Waals surface area contributed by atoms with Crippen LogP contribution in [0, 0.1) is 6.92 Å². The predicted octanol–water partition coefficient (Wildman–Crippen LogP) is 4.29. The van der Waals surface area contributed by atoms with Crippen molar-refractivity contribution in [3.05, 3.63) is 51.1 Å². The van der Waals surface area contributed by atoms with Crippen molar-refractivity contribution >= 4 is 49.2 Å². The summed E-state index contributed by atoms with van der Waals surface area (Å²) in [6.07, 6.45) is 3.98. The lowest BCUT2D eigenvalue weighted by Gasteiger charge is -2.17. The summed E-state index contributed by atoms with van der Waals surface area (Å²) in [5.41, 5.74) is 2.03. The number of amides is 1. The fourth-order valence-electron chi connectivity index (χ4n) is 3.35. The van der Waals surface area contributed by atoms with Crippen LogP contribution in [-0.4, -0.2) is 29.0 Å². The van der Waals surface area contributed by atoms with Crippen LogP contribution in [0.15, 0.2) is 35.1 Å². The van der Waals surface area contributed by atoms with Crippen molar-refractivity contribution in [1.82, 2.24) is 15.3 Å². The number of rotatable bonds is 4. The van der Waals surface area contributed by atoms with Gasteiger partial charge in [0.15, 0.2) is 0 Å². The molecule has 5 nitrogen and oxygen atoms in total. The number of nitrogens with zero attached hydrogens (tertiary/aromatic N) is 3. The maximum absolute atomic E-state index is 12.8. The van der Waals surface area contributed by atoms with Gasteiger partial charge in [0.1, 0.15) is 17.0 Å². The van der Waals surface area contributed by atoms with Gasteiger partial charge in [0.25, 0.3) is 5.91 Å². The number of benzene rings is 1. The number of halogens is 1. The average molecular weight is 431 g/mol. The summed E-state index contributed by atoms with van der Waals surface area (Å²) < 4.78 is 1.01. The molecule has 0 atom stereocenters. The highest BCUT2D eigenvalue weighted by Gasteiger charge is 2.23. The summed E-state index contributed by atoms with van der Waals surface area (Å²) in [4.78, 5) is 25.6. The van der Waals surface area contributed by atoms with Crippen LogP contribution in [0.3, 0.4) is 0 Å². The van der Waals surface area contributed by atoms with Gasteiger partial charge in [-0.1, -0.05) is 28.1 Å². The van der Waals surface area contributed by atoms with E-state index >= 15 is 0 Å². The predicted molar refractivity (Wildman–Crippen MR) is 109 cm³/mol. The number of hydrogen-bond acceptors (Lipinski definition) is 5. The SMILES string of the molecule is Cc1c(C(=O)NCc2cccc(Br)c2)sc2ncnc(N3CCCC3)c12.